The highest BCUT2D eigenvalue weighted by atomic mass is 16.7. The van der Waals surface area contributed by atoms with Crippen LogP contribution in [0.5, 0.6) is 0 Å². The molecule has 9 nitrogen and oxygen atoms in total. The SMILES string of the molecule is CCCCCC/C=C\C/C=C\CCCCCCCC(=O)OC(COC(=O)CCCCCCCCCCCCCCC)COC(OCC[N+](C)(C)C)C(=O)O. The van der Waals surface area contributed by atoms with Crippen molar-refractivity contribution in [1.82, 2.24) is 0 Å². The van der Waals surface area contributed by atoms with Crippen molar-refractivity contribution in [1.29, 1.82) is 0 Å². The number of carbonyl (C=O) groups excluding carboxylic acids is 2. The normalized spacial score (nSPS) is 13.1. The number of nitrogens with zero attached hydrogens (tertiary/aromatic N) is 1. The number of allylic oxidation sites excluding steroid dienone is 4. The Balaban J connectivity index is 4.48. The minimum atomic E-state index is -1.51. The summed E-state index contributed by atoms with van der Waals surface area (Å²) in [7, 11) is 5.95. The molecule has 54 heavy (non-hydrogen) atoms. The molecule has 2 unspecified atom stereocenters. The third kappa shape index (κ3) is 38.1. The lowest BCUT2D eigenvalue weighted by atomic mass is 10.0. The third-order valence-electron chi connectivity index (χ3n) is 9.46. The van der Waals surface area contributed by atoms with Crippen molar-refractivity contribution in [2.45, 2.75) is 200 Å². The van der Waals surface area contributed by atoms with Crippen LogP contribution >= 0.6 is 0 Å². The molecule has 0 aliphatic rings. The number of hydrogen-bond acceptors (Lipinski definition) is 7. The molecule has 0 aromatic carbocycles. The zero-order valence-electron chi connectivity index (χ0n) is 35.6. The van der Waals surface area contributed by atoms with E-state index < -0.39 is 24.3 Å². The van der Waals surface area contributed by atoms with Crippen molar-refractivity contribution in [3.8, 4) is 0 Å². The van der Waals surface area contributed by atoms with E-state index in [1.54, 1.807) is 0 Å². The van der Waals surface area contributed by atoms with Gasteiger partial charge in [-0.1, -0.05) is 154 Å². The maximum atomic E-state index is 12.7. The van der Waals surface area contributed by atoms with E-state index in [2.05, 4.69) is 38.2 Å². The summed E-state index contributed by atoms with van der Waals surface area (Å²) in [5.74, 6) is -2.02. The van der Waals surface area contributed by atoms with Crippen LogP contribution in [0.3, 0.4) is 0 Å². The van der Waals surface area contributed by atoms with Crippen LogP contribution in [0.2, 0.25) is 0 Å². The summed E-state index contributed by atoms with van der Waals surface area (Å²) in [4.78, 5) is 37.0. The smallest absolute Gasteiger partial charge is 0.361 e. The molecule has 1 N–H and O–H groups in total. The predicted octanol–water partition coefficient (Wildman–Crippen LogP) is 11.3. The van der Waals surface area contributed by atoms with Gasteiger partial charge in [-0.3, -0.25) is 9.59 Å². The van der Waals surface area contributed by atoms with Gasteiger partial charge in [0.15, 0.2) is 6.10 Å². The molecule has 0 aliphatic heterocycles. The summed E-state index contributed by atoms with van der Waals surface area (Å²) >= 11 is 0. The number of unbranched alkanes of at least 4 members (excludes halogenated alkanes) is 21. The number of hydrogen-bond donors (Lipinski definition) is 1. The largest absolute Gasteiger partial charge is 0.477 e. The average molecular weight is 767 g/mol. The zero-order valence-corrected chi connectivity index (χ0v) is 35.6. The highest BCUT2D eigenvalue weighted by Crippen LogP contribution is 2.14. The fourth-order valence-electron chi connectivity index (χ4n) is 5.98. The van der Waals surface area contributed by atoms with Gasteiger partial charge in [0.1, 0.15) is 13.2 Å². The first-order valence-corrected chi connectivity index (χ1v) is 22.0. The molecule has 316 valence electrons. The predicted molar refractivity (Wildman–Crippen MR) is 221 cm³/mol. The van der Waals surface area contributed by atoms with Gasteiger partial charge in [0.2, 0.25) is 0 Å². The van der Waals surface area contributed by atoms with Crippen molar-refractivity contribution in [2.75, 3.05) is 47.5 Å². The third-order valence-corrected chi connectivity index (χ3v) is 9.46. The van der Waals surface area contributed by atoms with Gasteiger partial charge in [0.25, 0.3) is 6.29 Å². The van der Waals surface area contributed by atoms with Crippen molar-refractivity contribution in [3.63, 3.8) is 0 Å². The number of ether oxygens (including phenoxy) is 4. The molecule has 0 amide bonds. The van der Waals surface area contributed by atoms with Gasteiger partial charge >= 0.3 is 17.9 Å². The molecule has 0 bridgehead atoms. The van der Waals surface area contributed by atoms with Crippen molar-refractivity contribution in [3.05, 3.63) is 24.3 Å². The van der Waals surface area contributed by atoms with Crippen LogP contribution in [-0.2, 0) is 33.3 Å². The zero-order chi connectivity index (χ0) is 40.0. The van der Waals surface area contributed by atoms with Gasteiger partial charge in [0.05, 0.1) is 34.4 Å². The summed E-state index contributed by atoms with van der Waals surface area (Å²) in [5, 5.41) is 9.62. The number of aliphatic carboxylic acids is 1. The van der Waals surface area contributed by atoms with Gasteiger partial charge in [-0.15, -0.1) is 0 Å². The first-order chi connectivity index (χ1) is 26.1. The minimum Gasteiger partial charge on any atom is -0.477 e. The number of esters is 2. The van der Waals surface area contributed by atoms with Crippen LogP contribution < -0.4 is 0 Å². The summed E-state index contributed by atoms with van der Waals surface area (Å²) in [6.07, 6.45) is 36.6. The molecule has 2 atom stereocenters. The van der Waals surface area contributed by atoms with Crippen LogP contribution in [0.15, 0.2) is 24.3 Å². The fourth-order valence-corrected chi connectivity index (χ4v) is 5.98. The fraction of sp³-hybridized carbons (Fsp3) is 0.844. The highest BCUT2D eigenvalue weighted by Gasteiger charge is 2.25. The molecular formula is C45H84NO8+. The summed E-state index contributed by atoms with van der Waals surface area (Å²) in [6.45, 7) is 4.84. The van der Waals surface area contributed by atoms with Crippen molar-refractivity contribution >= 4 is 17.9 Å². The molecular weight excluding hydrogens is 682 g/mol. The van der Waals surface area contributed by atoms with Crippen molar-refractivity contribution < 1.29 is 42.9 Å². The van der Waals surface area contributed by atoms with Gasteiger partial charge in [0, 0.05) is 12.8 Å². The molecule has 0 aromatic heterocycles. The Kier molecular flexibility index (Phi) is 36.1. The van der Waals surface area contributed by atoms with Gasteiger partial charge in [-0.2, -0.15) is 0 Å². The standard InChI is InChI=1S/C45H83NO8/c1-6-8-10-12-14-16-18-20-21-22-24-26-28-30-32-34-36-43(48)54-41(40-53-45(44(49)50)51-38-37-46(3,4)5)39-52-42(47)35-33-31-29-27-25-23-19-17-15-13-11-9-7-2/h16,18,21-22,41,45H,6-15,17,19-20,23-40H2,1-5H3/p+1/b18-16-,22-21-. The lowest BCUT2D eigenvalue weighted by Crippen LogP contribution is -2.40. The average Bonchev–Trinajstić information content (AvgIpc) is 3.12. The lowest BCUT2D eigenvalue weighted by molar-refractivity contribution is -0.870. The summed E-state index contributed by atoms with van der Waals surface area (Å²) in [6, 6.07) is 0. The number of carboxylic acids is 1. The molecule has 9 heteroatoms. The number of carboxylic acid groups (broad SMARTS) is 1. The van der Waals surface area contributed by atoms with E-state index in [-0.39, 0.29) is 32.2 Å². The molecule has 0 aromatic rings. The van der Waals surface area contributed by atoms with E-state index in [0.717, 1.165) is 57.8 Å². The van der Waals surface area contributed by atoms with E-state index in [0.29, 0.717) is 23.9 Å². The second kappa shape index (κ2) is 37.7. The van der Waals surface area contributed by atoms with E-state index in [4.69, 9.17) is 18.9 Å². The second-order valence-corrected chi connectivity index (χ2v) is 16.0. The van der Waals surface area contributed by atoms with Crippen LogP contribution in [-0.4, -0.2) is 87.4 Å². The van der Waals surface area contributed by atoms with E-state index in [1.807, 2.05) is 21.1 Å². The Morgan fingerprint density at radius 2 is 1.00 bits per heavy atom. The molecule has 0 radical (unpaired) electrons. The molecule has 0 fully saturated rings. The van der Waals surface area contributed by atoms with Crippen LogP contribution in [0.4, 0.5) is 0 Å². The highest BCUT2D eigenvalue weighted by molar-refractivity contribution is 5.71. The van der Waals surface area contributed by atoms with Crippen LogP contribution in [0.25, 0.3) is 0 Å². The maximum Gasteiger partial charge on any atom is 0.361 e. The van der Waals surface area contributed by atoms with Gasteiger partial charge in [-0.25, -0.2) is 4.79 Å². The topological polar surface area (TPSA) is 108 Å². The lowest BCUT2D eigenvalue weighted by Gasteiger charge is -2.25. The van der Waals surface area contributed by atoms with E-state index in [9.17, 15) is 19.5 Å². The number of rotatable bonds is 40. The van der Waals surface area contributed by atoms with E-state index in [1.165, 1.54) is 96.3 Å². The van der Waals surface area contributed by atoms with E-state index >= 15 is 0 Å². The minimum absolute atomic E-state index is 0.184. The Bertz CT molecular complexity index is 944. The van der Waals surface area contributed by atoms with Crippen LogP contribution in [0, 0.1) is 0 Å². The van der Waals surface area contributed by atoms with Gasteiger partial charge < -0.3 is 28.5 Å². The van der Waals surface area contributed by atoms with Crippen molar-refractivity contribution in [2.24, 2.45) is 0 Å². The van der Waals surface area contributed by atoms with Gasteiger partial charge in [-0.05, 0) is 44.9 Å². The number of likely N-dealkylation sites (N-methyl/N-ethyl adjacent to an activating group) is 1. The molecule has 0 saturated carbocycles. The maximum absolute atomic E-state index is 12.7. The number of carbonyl (C=O) groups is 3. The molecule has 0 heterocycles. The summed E-state index contributed by atoms with van der Waals surface area (Å²) in [5.41, 5.74) is 0. The molecule has 0 saturated heterocycles. The molecule has 0 rings (SSSR count). The Labute approximate surface area is 331 Å². The van der Waals surface area contributed by atoms with Crippen LogP contribution in [0.1, 0.15) is 187 Å². The molecule has 0 spiro atoms. The molecule has 0 aliphatic carbocycles. The number of quaternary nitrogens is 1. The quantitative estimate of drug-likeness (QED) is 0.0216. The first-order valence-electron chi connectivity index (χ1n) is 22.0. The monoisotopic (exact) mass is 767 g/mol. The summed E-state index contributed by atoms with van der Waals surface area (Å²) < 4.78 is 22.7. The Hall–Kier alpha value is -2.23. The first kappa shape index (κ1) is 51.8. The Morgan fingerprint density at radius 3 is 1.48 bits per heavy atom. The Morgan fingerprint density at radius 1 is 0.556 bits per heavy atom. The second-order valence-electron chi connectivity index (χ2n) is 16.0.